The summed E-state index contributed by atoms with van der Waals surface area (Å²) in [6.07, 6.45) is 9.25. The fourth-order valence-corrected chi connectivity index (χ4v) is 3.39. The van der Waals surface area contributed by atoms with Gasteiger partial charge in [0.25, 0.3) is 0 Å². The van der Waals surface area contributed by atoms with Crippen LogP contribution < -0.4 is 5.73 Å². The number of aryl methyl sites for hydroxylation is 1. The molecule has 24 heavy (non-hydrogen) atoms. The van der Waals surface area contributed by atoms with E-state index in [1.165, 1.54) is 6.08 Å². The van der Waals surface area contributed by atoms with Gasteiger partial charge >= 0.3 is 0 Å². The van der Waals surface area contributed by atoms with E-state index in [1.807, 2.05) is 37.4 Å². The Labute approximate surface area is 139 Å². The molecule has 0 saturated carbocycles. The van der Waals surface area contributed by atoms with Crippen molar-refractivity contribution < 1.29 is 4.39 Å². The van der Waals surface area contributed by atoms with E-state index in [9.17, 15) is 4.39 Å². The third kappa shape index (κ3) is 2.29. The molecule has 0 fully saturated rings. The molecule has 0 saturated heterocycles. The first-order valence-electron chi connectivity index (χ1n) is 7.84. The summed E-state index contributed by atoms with van der Waals surface area (Å²) < 4.78 is 15.4. The van der Waals surface area contributed by atoms with E-state index in [0.717, 1.165) is 27.9 Å². The summed E-state index contributed by atoms with van der Waals surface area (Å²) >= 11 is 0. The number of anilines is 1. The highest BCUT2D eigenvalue weighted by Crippen LogP contribution is 2.40. The predicted octanol–water partition coefficient (Wildman–Crippen LogP) is 4.11. The number of fused-ring (bicyclic) bond motifs is 1. The molecule has 1 aliphatic rings. The van der Waals surface area contributed by atoms with E-state index >= 15 is 0 Å². The van der Waals surface area contributed by atoms with E-state index < -0.39 is 0 Å². The van der Waals surface area contributed by atoms with Gasteiger partial charge in [0, 0.05) is 42.0 Å². The molecule has 1 unspecified atom stereocenters. The highest BCUT2D eigenvalue weighted by Gasteiger charge is 2.24. The standard InChI is InChI=1S/C19H17FN4/c1-24-18(13-2-4-14(20)5-3-13)17(12-8-10-22-11-9-12)15-6-7-16(21)23-19(15)24/h2,4-11,13H,3H2,1H3,(H2,21,23). The number of halogens is 1. The average molecular weight is 320 g/mol. The summed E-state index contributed by atoms with van der Waals surface area (Å²) in [6.45, 7) is 0. The van der Waals surface area contributed by atoms with Crippen LogP contribution in [0.1, 0.15) is 18.0 Å². The van der Waals surface area contributed by atoms with Gasteiger partial charge in [0.15, 0.2) is 0 Å². The number of allylic oxidation sites excluding steroid dienone is 4. The van der Waals surface area contributed by atoms with Gasteiger partial charge in [0.1, 0.15) is 17.3 Å². The zero-order chi connectivity index (χ0) is 16.7. The molecule has 4 nitrogen and oxygen atoms in total. The normalized spacial score (nSPS) is 17.2. The Bertz CT molecular complexity index is 970. The van der Waals surface area contributed by atoms with E-state index in [4.69, 9.17) is 5.73 Å². The number of hydrogen-bond acceptors (Lipinski definition) is 3. The molecule has 0 radical (unpaired) electrons. The lowest BCUT2D eigenvalue weighted by Gasteiger charge is -2.18. The van der Waals surface area contributed by atoms with E-state index in [2.05, 4.69) is 14.5 Å². The highest BCUT2D eigenvalue weighted by molar-refractivity contribution is 5.97. The van der Waals surface area contributed by atoms with Crippen molar-refractivity contribution in [2.45, 2.75) is 12.3 Å². The summed E-state index contributed by atoms with van der Waals surface area (Å²) in [4.78, 5) is 8.61. The minimum absolute atomic E-state index is 0.0908. The van der Waals surface area contributed by atoms with Gasteiger partial charge in [0.2, 0.25) is 0 Å². The molecule has 0 aromatic carbocycles. The molecular weight excluding hydrogens is 303 g/mol. The number of pyridine rings is 2. The monoisotopic (exact) mass is 320 g/mol. The molecule has 3 heterocycles. The van der Waals surface area contributed by atoms with Crippen LogP contribution in [0, 0.1) is 0 Å². The Morgan fingerprint density at radius 1 is 1.21 bits per heavy atom. The van der Waals surface area contributed by atoms with Crippen molar-refractivity contribution in [3.8, 4) is 11.1 Å². The van der Waals surface area contributed by atoms with E-state index in [-0.39, 0.29) is 11.7 Å². The lowest BCUT2D eigenvalue weighted by atomic mass is 9.91. The zero-order valence-corrected chi connectivity index (χ0v) is 13.3. The van der Waals surface area contributed by atoms with Crippen molar-refractivity contribution in [2.24, 2.45) is 7.05 Å². The van der Waals surface area contributed by atoms with Crippen LogP contribution >= 0.6 is 0 Å². The summed E-state index contributed by atoms with van der Waals surface area (Å²) in [6, 6.07) is 7.78. The van der Waals surface area contributed by atoms with Gasteiger partial charge in [-0.05, 0) is 48.4 Å². The number of nitrogen functional groups attached to an aromatic ring is 1. The fourth-order valence-electron chi connectivity index (χ4n) is 3.39. The molecule has 3 aromatic rings. The zero-order valence-electron chi connectivity index (χ0n) is 13.3. The molecule has 0 bridgehead atoms. The maximum absolute atomic E-state index is 13.4. The van der Waals surface area contributed by atoms with Crippen molar-refractivity contribution in [1.82, 2.24) is 14.5 Å². The molecule has 5 heteroatoms. The van der Waals surface area contributed by atoms with Gasteiger partial charge in [-0.1, -0.05) is 6.08 Å². The predicted molar refractivity (Wildman–Crippen MR) is 94.0 cm³/mol. The van der Waals surface area contributed by atoms with Gasteiger partial charge in [-0.25, -0.2) is 9.37 Å². The van der Waals surface area contributed by atoms with Gasteiger partial charge in [-0.3, -0.25) is 4.98 Å². The van der Waals surface area contributed by atoms with Gasteiger partial charge in [0.05, 0.1) is 0 Å². The lowest BCUT2D eigenvalue weighted by molar-refractivity contribution is 0.637. The molecule has 120 valence electrons. The third-order valence-electron chi connectivity index (χ3n) is 4.48. The fraction of sp³-hybridized carbons (Fsp3) is 0.158. The summed E-state index contributed by atoms with van der Waals surface area (Å²) in [7, 11) is 1.98. The summed E-state index contributed by atoms with van der Waals surface area (Å²) in [5.74, 6) is 0.395. The Kier molecular flexibility index (Phi) is 3.41. The van der Waals surface area contributed by atoms with Gasteiger partial charge < -0.3 is 10.3 Å². The molecule has 0 aliphatic heterocycles. The van der Waals surface area contributed by atoms with E-state index in [1.54, 1.807) is 18.5 Å². The molecule has 0 spiro atoms. The molecular formula is C19H17FN4. The number of rotatable bonds is 2. The number of hydrogen-bond donors (Lipinski definition) is 1. The quantitative estimate of drug-likeness (QED) is 0.773. The molecule has 1 atom stereocenters. The first-order chi connectivity index (χ1) is 11.6. The lowest BCUT2D eigenvalue weighted by Crippen LogP contribution is -2.06. The highest BCUT2D eigenvalue weighted by atomic mass is 19.1. The first kappa shape index (κ1) is 14.6. The Morgan fingerprint density at radius 3 is 2.71 bits per heavy atom. The van der Waals surface area contributed by atoms with Gasteiger partial charge in [-0.2, -0.15) is 0 Å². The topological polar surface area (TPSA) is 56.7 Å². The second-order valence-corrected chi connectivity index (χ2v) is 5.95. The number of nitrogens with zero attached hydrogens (tertiary/aromatic N) is 3. The van der Waals surface area contributed by atoms with Crippen molar-refractivity contribution >= 4 is 16.9 Å². The smallest absolute Gasteiger partial charge is 0.142 e. The van der Waals surface area contributed by atoms with Crippen molar-refractivity contribution in [2.75, 3.05) is 5.73 Å². The van der Waals surface area contributed by atoms with Crippen molar-refractivity contribution in [3.63, 3.8) is 0 Å². The van der Waals surface area contributed by atoms with Crippen molar-refractivity contribution in [1.29, 1.82) is 0 Å². The maximum atomic E-state index is 13.4. The third-order valence-corrected chi connectivity index (χ3v) is 4.48. The molecule has 0 amide bonds. The van der Waals surface area contributed by atoms with Crippen LogP contribution in [-0.4, -0.2) is 14.5 Å². The minimum Gasteiger partial charge on any atom is -0.384 e. The average Bonchev–Trinajstić information content (AvgIpc) is 2.89. The van der Waals surface area contributed by atoms with Crippen LogP contribution in [0.15, 0.2) is 60.7 Å². The van der Waals surface area contributed by atoms with Crippen LogP contribution in [0.25, 0.3) is 22.2 Å². The SMILES string of the molecule is Cn1c(C2C=CC(F)=CC2)c(-c2ccncc2)c2ccc(N)nc21. The van der Waals surface area contributed by atoms with Crippen LogP contribution in [0.5, 0.6) is 0 Å². The largest absolute Gasteiger partial charge is 0.384 e. The van der Waals surface area contributed by atoms with Crippen molar-refractivity contribution in [3.05, 3.63) is 66.4 Å². The second kappa shape index (κ2) is 5.60. The Morgan fingerprint density at radius 2 is 2.00 bits per heavy atom. The molecule has 3 aromatic heterocycles. The minimum atomic E-state index is -0.183. The maximum Gasteiger partial charge on any atom is 0.142 e. The summed E-state index contributed by atoms with van der Waals surface area (Å²) in [5.41, 5.74) is 9.99. The molecule has 4 rings (SSSR count). The second-order valence-electron chi connectivity index (χ2n) is 5.95. The molecule has 1 aliphatic carbocycles. The number of aromatic nitrogens is 3. The van der Waals surface area contributed by atoms with Crippen LogP contribution in [0.4, 0.5) is 10.2 Å². The Hall–Kier alpha value is -2.95. The van der Waals surface area contributed by atoms with Gasteiger partial charge in [-0.15, -0.1) is 0 Å². The summed E-state index contributed by atoms with van der Waals surface area (Å²) in [5, 5.41) is 1.04. The van der Waals surface area contributed by atoms with Crippen LogP contribution in [-0.2, 0) is 7.05 Å². The van der Waals surface area contributed by atoms with Crippen LogP contribution in [0.2, 0.25) is 0 Å². The first-order valence-corrected chi connectivity index (χ1v) is 7.84. The number of nitrogens with two attached hydrogens (primary N) is 1. The Balaban J connectivity index is 2.01. The van der Waals surface area contributed by atoms with E-state index in [0.29, 0.717) is 12.2 Å². The van der Waals surface area contributed by atoms with Crippen LogP contribution in [0.3, 0.4) is 0 Å². The molecule has 2 N–H and O–H groups in total.